The summed E-state index contributed by atoms with van der Waals surface area (Å²) in [6, 6.07) is 7.13. The van der Waals surface area contributed by atoms with Crippen LogP contribution < -0.4 is 10.6 Å². The second-order valence-corrected chi connectivity index (χ2v) is 4.53. The van der Waals surface area contributed by atoms with Crippen LogP contribution in [0.2, 0.25) is 0 Å². The molecule has 0 fully saturated rings. The Labute approximate surface area is 118 Å². The summed E-state index contributed by atoms with van der Waals surface area (Å²) in [7, 11) is 1.71. The zero-order valence-corrected chi connectivity index (χ0v) is 11.9. The highest BCUT2D eigenvalue weighted by Crippen LogP contribution is 2.22. The van der Waals surface area contributed by atoms with Crippen LogP contribution in [0.25, 0.3) is 0 Å². The van der Waals surface area contributed by atoms with Crippen LogP contribution >= 0.6 is 0 Å². The first-order valence-electron chi connectivity index (χ1n) is 6.51. The molecule has 3 N–H and O–H groups in total. The Kier molecular flexibility index (Phi) is 5.83. The van der Waals surface area contributed by atoms with Gasteiger partial charge in [0.15, 0.2) is 0 Å². The Morgan fingerprint density at radius 3 is 2.50 bits per heavy atom. The molecule has 0 unspecified atom stereocenters. The summed E-state index contributed by atoms with van der Waals surface area (Å²) in [6.07, 6.45) is -0.0442. The van der Waals surface area contributed by atoms with E-state index in [1.54, 1.807) is 35.0 Å². The van der Waals surface area contributed by atoms with E-state index in [0.717, 1.165) is 0 Å². The van der Waals surface area contributed by atoms with Crippen molar-refractivity contribution in [2.45, 2.75) is 13.3 Å². The van der Waals surface area contributed by atoms with Gasteiger partial charge in [0.05, 0.1) is 24.3 Å². The Bertz CT molecular complexity index is 476. The number of nitrogens with two attached hydrogens (primary N) is 1. The molecule has 0 atom stereocenters. The van der Waals surface area contributed by atoms with Gasteiger partial charge >= 0.3 is 5.97 Å². The number of likely N-dealkylation sites (N-methyl/N-ethyl adjacent to an activating group) is 1. The van der Waals surface area contributed by atoms with Crippen molar-refractivity contribution in [2.75, 3.05) is 37.3 Å². The number of nitrogen functional groups attached to an aromatic ring is 1. The molecule has 0 aliphatic heterocycles. The third kappa shape index (κ3) is 4.46. The maximum Gasteiger partial charge on any atom is 0.305 e. The molecular weight excluding hydrogens is 258 g/mol. The number of benzene rings is 1. The zero-order chi connectivity index (χ0) is 15.1. The smallest absolute Gasteiger partial charge is 0.305 e. The van der Waals surface area contributed by atoms with Crippen LogP contribution in [0.15, 0.2) is 24.3 Å². The zero-order valence-electron chi connectivity index (χ0n) is 11.9. The van der Waals surface area contributed by atoms with E-state index in [0.29, 0.717) is 17.9 Å². The number of aliphatic carboxylic acids is 1. The van der Waals surface area contributed by atoms with Crippen LogP contribution in [0, 0.1) is 0 Å². The number of anilines is 2. The number of carbonyl (C=O) groups is 2. The first kappa shape index (κ1) is 15.8. The summed E-state index contributed by atoms with van der Waals surface area (Å²) in [5.74, 6) is -0.970. The normalized spacial score (nSPS) is 10.1. The number of carboxylic acid groups (broad SMARTS) is 1. The summed E-state index contributed by atoms with van der Waals surface area (Å²) < 4.78 is 0. The van der Waals surface area contributed by atoms with E-state index in [2.05, 4.69) is 0 Å². The minimum absolute atomic E-state index is 0.0442. The van der Waals surface area contributed by atoms with Gasteiger partial charge in [0.25, 0.3) is 0 Å². The lowest BCUT2D eigenvalue weighted by Gasteiger charge is -2.27. The number of carboxylic acids is 1. The fourth-order valence-electron chi connectivity index (χ4n) is 1.75. The highest BCUT2D eigenvalue weighted by atomic mass is 16.4. The van der Waals surface area contributed by atoms with Crippen molar-refractivity contribution in [2.24, 2.45) is 0 Å². The number of para-hydroxylation sites is 2. The van der Waals surface area contributed by atoms with Crippen molar-refractivity contribution >= 4 is 23.3 Å². The number of carbonyl (C=O) groups excluding carboxylic acids is 1. The molecule has 0 aliphatic rings. The topological polar surface area (TPSA) is 86.9 Å². The Balaban J connectivity index is 2.88. The molecule has 0 heterocycles. The van der Waals surface area contributed by atoms with Gasteiger partial charge in [0.1, 0.15) is 0 Å². The second kappa shape index (κ2) is 7.37. The van der Waals surface area contributed by atoms with Crippen LogP contribution in [0.4, 0.5) is 11.4 Å². The monoisotopic (exact) mass is 279 g/mol. The summed E-state index contributed by atoms with van der Waals surface area (Å²) in [5.41, 5.74) is 7.12. The van der Waals surface area contributed by atoms with E-state index in [1.165, 1.54) is 0 Å². The van der Waals surface area contributed by atoms with E-state index in [-0.39, 0.29) is 25.4 Å². The van der Waals surface area contributed by atoms with E-state index in [1.807, 2.05) is 13.0 Å². The van der Waals surface area contributed by atoms with Gasteiger partial charge < -0.3 is 20.6 Å². The van der Waals surface area contributed by atoms with E-state index >= 15 is 0 Å². The summed E-state index contributed by atoms with van der Waals surface area (Å²) in [4.78, 5) is 26.0. The quantitative estimate of drug-likeness (QED) is 0.728. The van der Waals surface area contributed by atoms with Crippen molar-refractivity contribution in [3.63, 3.8) is 0 Å². The molecule has 0 saturated heterocycles. The SMILES string of the molecule is CCN(C)C(=O)CN(CCC(=O)O)c1ccccc1N. The Morgan fingerprint density at radius 2 is 1.95 bits per heavy atom. The molecule has 6 nitrogen and oxygen atoms in total. The van der Waals surface area contributed by atoms with Gasteiger partial charge in [0.2, 0.25) is 5.91 Å². The van der Waals surface area contributed by atoms with Gasteiger partial charge in [-0.15, -0.1) is 0 Å². The van der Waals surface area contributed by atoms with Crippen molar-refractivity contribution in [1.82, 2.24) is 4.90 Å². The van der Waals surface area contributed by atoms with E-state index in [4.69, 9.17) is 10.8 Å². The van der Waals surface area contributed by atoms with E-state index < -0.39 is 5.97 Å². The summed E-state index contributed by atoms with van der Waals surface area (Å²) >= 11 is 0. The third-order valence-electron chi connectivity index (χ3n) is 3.10. The number of hydrogen-bond donors (Lipinski definition) is 2. The number of nitrogens with zero attached hydrogens (tertiary/aromatic N) is 2. The first-order valence-corrected chi connectivity index (χ1v) is 6.51. The Morgan fingerprint density at radius 1 is 1.30 bits per heavy atom. The van der Waals surface area contributed by atoms with E-state index in [9.17, 15) is 9.59 Å². The molecule has 110 valence electrons. The van der Waals surface area contributed by atoms with Crippen LogP contribution in [0.1, 0.15) is 13.3 Å². The van der Waals surface area contributed by atoms with Gasteiger partial charge in [-0.2, -0.15) is 0 Å². The van der Waals surface area contributed by atoms with Crippen molar-refractivity contribution in [1.29, 1.82) is 0 Å². The lowest BCUT2D eigenvalue weighted by Crippen LogP contribution is -2.39. The maximum absolute atomic E-state index is 12.0. The summed E-state index contributed by atoms with van der Waals surface area (Å²) in [5, 5.41) is 8.81. The molecule has 0 radical (unpaired) electrons. The molecule has 0 bridgehead atoms. The fraction of sp³-hybridized carbons (Fsp3) is 0.429. The van der Waals surface area contributed by atoms with Gasteiger partial charge in [-0.05, 0) is 19.1 Å². The predicted octanol–water partition coefficient (Wildman–Crippen LogP) is 1.03. The standard InChI is InChI=1S/C14H21N3O3/c1-3-16(2)13(18)10-17(9-8-14(19)20)12-7-5-4-6-11(12)15/h4-7H,3,8-10,15H2,1-2H3,(H,19,20). The average molecular weight is 279 g/mol. The van der Waals surface area contributed by atoms with Crippen LogP contribution in [0.5, 0.6) is 0 Å². The molecule has 6 heteroatoms. The molecule has 1 rings (SSSR count). The van der Waals surface area contributed by atoms with Gasteiger partial charge in [-0.3, -0.25) is 9.59 Å². The Hall–Kier alpha value is -2.24. The number of rotatable bonds is 7. The predicted molar refractivity (Wildman–Crippen MR) is 78.6 cm³/mol. The maximum atomic E-state index is 12.0. The molecule has 0 saturated carbocycles. The lowest BCUT2D eigenvalue weighted by atomic mass is 10.2. The van der Waals surface area contributed by atoms with Gasteiger partial charge in [0, 0.05) is 20.1 Å². The van der Waals surface area contributed by atoms with Crippen molar-refractivity contribution < 1.29 is 14.7 Å². The minimum Gasteiger partial charge on any atom is -0.481 e. The molecule has 0 aromatic heterocycles. The van der Waals surface area contributed by atoms with Crippen LogP contribution in [-0.4, -0.2) is 48.6 Å². The molecule has 0 spiro atoms. The van der Waals surface area contributed by atoms with Gasteiger partial charge in [-0.25, -0.2) is 0 Å². The molecular formula is C14H21N3O3. The summed E-state index contributed by atoms with van der Waals surface area (Å²) in [6.45, 7) is 2.85. The number of amides is 1. The van der Waals surface area contributed by atoms with Crippen LogP contribution in [-0.2, 0) is 9.59 Å². The highest BCUT2D eigenvalue weighted by Gasteiger charge is 2.16. The number of hydrogen-bond acceptors (Lipinski definition) is 4. The largest absolute Gasteiger partial charge is 0.481 e. The van der Waals surface area contributed by atoms with Gasteiger partial charge in [-0.1, -0.05) is 12.1 Å². The molecule has 1 aromatic rings. The second-order valence-electron chi connectivity index (χ2n) is 4.53. The molecule has 0 aliphatic carbocycles. The molecule has 20 heavy (non-hydrogen) atoms. The molecule has 1 amide bonds. The first-order chi connectivity index (χ1) is 9.45. The minimum atomic E-state index is -0.902. The highest BCUT2D eigenvalue weighted by molar-refractivity contribution is 5.83. The third-order valence-corrected chi connectivity index (χ3v) is 3.10. The van der Waals surface area contributed by atoms with Crippen molar-refractivity contribution in [3.8, 4) is 0 Å². The lowest BCUT2D eigenvalue weighted by molar-refractivity contribution is -0.137. The van der Waals surface area contributed by atoms with Crippen LogP contribution in [0.3, 0.4) is 0 Å². The fourth-order valence-corrected chi connectivity index (χ4v) is 1.75. The average Bonchev–Trinajstić information content (AvgIpc) is 2.42. The molecule has 1 aromatic carbocycles. The van der Waals surface area contributed by atoms with Crippen molar-refractivity contribution in [3.05, 3.63) is 24.3 Å².